The molecule has 1 fully saturated rings. The summed E-state index contributed by atoms with van der Waals surface area (Å²) in [6.45, 7) is 1.77. The molecule has 24 heavy (non-hydrogen) atoms. The zero-order valence-electron chi connectivity index (χ0n) is 13.8. The molecule has 0 aliphatic carbocycles. The van der Waals surface area contributed by atoms with Gasteiger partial charge in [0, 0.05) is 26.4 Å². The third-order valence-electron chi connectivity index (χ3n) is 4.35. The van der Waals surface area contributed by atoms with Crippen LogP contribution in [0.5, 0.6) is 0 Å². The maximum Gasteiger partial charge on any atom is 0.245 e. The number of hydrogen-bond acceptors (Lipinski definition) is 4. The van der Waals surface area contributed by atoms with Crippen molar-refractivity contribution in [1.82, 2.24) is 14.1 Å². The van der Waals surface area contributed by atoms with Crippen molar-refractivity contribution in [3.8, 4) is 0 Å². The Balaban J connectivity index is 1.59. The molecule has 6 nitrogen and oxygen atoms in total. The van der Waals surface area contributed by atoms with Gasteiger partial charge in [0.15, 0.2) is 0 Å². The van der Waals surface area contributed by atoms with Gasteiger partial charge in [-0.3, -0.25) is 4.68 Å². The highest BCUT2D eigenvalue weighted by atomic mass is 32.2. The minimum Gasteiger partial charge on any atom is -0.379 e. The molecule has 1 aliphatic rings. The lowest BCUT2D eigenvalue weighted by Crippen LogP contribution is -2.28. The number of aryl methyl sites for hydroxylation is 1. The molecule has 3 rings (SSSR count). The molecule has 0 unspecified atom stereocenters. The van der Waals surface area contributed by atoms with Crippen molar-refractivity contribution in [2.24, 2.45) is 0 Å². The van der Waals surface area contributed by atoms with E-state index in [2.05, 4.69) is 17.2 Å². The van der Waals surface area contributed by atoms with Crippen LogP contribution in [0.4, 0.5) is 0 Å². The number of nitrogens with zero attached hydrogens (tertiary/aromatic N) is 3. The monoisotopic (exact) mass is 349 g/mol. The van der Waals surface area contributed by atoms with Crippen LogP contribution < -0.4 is 0 Å². The van der Waals surface area contributed by atoms with Gasteiger partial charge in [-0.05, 0) is 24.8 Å². The minimum atomic E-state index is -3.49. The van der Waals surface area contributed by atoms with Crippen molar-refractivity contribution < 1.29 is 13.2 Å². The summed E-state index contributed by atoms with van der Waals surface area (Å²) in [5.41, 5.74) is 1.22. The quantitative estimate of drug-likeness (QED) is 0.768. The van der Waals surface area contributed by atoms with Crippen LogP contribution in [0.15, 0.2) is 47.6 Å². The normalized spacial score (nSPS) is 18.3. The van der Waals surface area contributed by atoms with Crippen molar-refractivity contribution in [3.05, 3.63) is 48.3 Å². The second kappa shape index (κ2) is 7.46. The van der Waals surface area contributed by atoms with E-state index in [4.69, 9.17) is 4.74 Å². The Bertz CT molecular complexity index is 752. The van der Waals surface area contributed by atoms with E-state index in [0.29, 0.717) is 19.8 Å². The molecule has 1 saturated heterocycles. The summed E-state index contributed by atoms with van der Waals surface area (Å²) in [5, 5.41) is 4.21. The molecule has 1 atom stereocenters. The topological polar surface area (TPSA) is 64.4 Å². The molecular weight excluding hydrogens is 326 g/mol. The first-order valence-electron chi connectivity index (χ1n) is 8.19. The number of ether oxygens (including phenoxy) is 1. The SMILES string of the molecule is CN(CCCc1ccccc1)S(=O)(=O)c1cnn([C@@H]2CCOC2)c1. The molecule has 0 bridgehead atoms. The van der Waals surface area contributed by atoms with E-state index in [9.17, 15) is 8.42 Å². The largest absolute Gasteiger partial charge is 0.379 e. The van der Waals surface area contributed by atoms with E-state index in [-0.39, 0.29) is 10.9 Å². The van der Waals surface area contributed by atoms with Crippen LogP contribution in [0, 0.1) is 0 Å². The van der Waals surface area contributed by atoms with Crippen molar-refractivity contribution in [2.45, 2.75) is 30.2 Å². The van der Waals surface area contributed by atoms with E-state index >= 15 is 0 Å². The average Bonchev–Trinajstić information content (AvgIpc) is 3.27. The average molecular weight is 349 g/mol. The van der Waals surface area contributed by atoms with Crippen molar-refractivity contribution in [2.75, 3.05) is 26.8 Å². The maximum atomic E-state index is 12.6. The first-order valence-corrected chi connectivity index (χ1v) is 9.63. The summed E-state index contributed by atoms with van der Waals surface area (Å²) in [4.78, 5) is 0.247. The first kappa shape index (κ1) is 17.1. The molecule has 7 heteroatoms. The Morgan fingerprint density at radius 3 is 2.83 bits per heavy atom. The Hall–Kier alpha value is -1.70. The van der Waals surface area contributed by atoms with E-state index < -0.39 is 10.0 Å². The van der Waals surface area contributed by atoms with Crippen LogP contribution in [-0.4, -0.2) is 49.3 Å². The molecule has 0 saturated carbocycles. The number of hydrogen-bond donors (Lipinski definition) is 0. The predicted molar refractivity (Wildman–Crippen MR) is 91.3 cm³/mol. The number of aromatic nitrogens is 2. The van der Waals surface area contributed by atoms with Crippen LogP contribution in [0.3, 0.4) is 0 Å². The smallest absolute Gasteiger partial charge is 0.245 e. The molecular formula is C17H23N3O3S. The van der Waals surface area contributed by atoms with Gasteiger partial charge in [-0.1, -0.05) is 30.3 Å². The van der Waals surface area contributed by atoms with Gasteiger partial charge in [0.1, 0.15) is 4.90 Å². The van der Waals surface area contributed by atoms with Crippen LogP contribution in [0.25, 0.3) is 0 Å². The molecule has 0 radical (unpaired) electrons. The third kappa shape index (κ3) is 3.85. The van der Waals surface area contributed by atoms with Crippen molar-refractivity contribution >= 4 is 10.0 Å². The molecule has 0 spiro atoms. The minimum absolute atomic E-state index is 0.136. The van der Waals surface area contributed by atoms with Gasteiger partial charge in [0.05, 0.1) is 18.8 Å². The maximum absolute atomic E-state index is 12.6. The molecule has 1 aromatic heterocycles. The van der Waals surface area contributed by atoms with Crippen molar-refractivity contribution in [1.29, 1.82) is 0 Å². The summed E-state index contributed by atoms with van der Waals surface area (Å²) in [6, 6.07) is 10.2. The van der Waals surface area contributed by atoms with E-state index in [1.807, 2.05) is 18.2 Å². The van der Waals surface area contributed by atoms with Gasteiger partial charge >= 0.3 is 0 Å². The van der Waals surface area contributed by atoms with Crippen LogP contribution in [0.2, 0.25) is 0 Å². The Morgan fingerprint density at radius 2 is 2.12 bits per heavy atom. The number of rotatable bonds is 7. The fourth-order valence-corrected chi connectivity index (χ4v) is 3.99. The van der Waals surface area contributed by atoms with Gasteiger partial charge < -0.3 is 4.74 Å². The lowest BCUT2D eigenvalue weighted by atomic mass is 10.1. The highest BCUT2D eigenvalue weighted by Crippen LogP contribution is 2.21. The fourth-order valence-electron chi connectivity index (χ4n) is 2.83. The lowest BCUT2D eigenvalue weighted by molar-refractivity contribution is 0.184. The molecule has 0 amide bonds. The Labute approximate surface area is 143 Å². The standard InChI is InChI=1S/C17H23N3O3S/c1-19(10-5-8-15-6-3-2-4-7-15)24(21,22)17-12-18-20(13-17)16-9-11-23-14-16/h2-4,6-7,12-13,16H,5,8-11,14H2,1H3/t16-/m1/s1. The molecule has 2 heterocycles. The molecule has 130 valence electrons. The number of sulfonamides is 1. The van der Waals surface area contributed by atoms with Gasteiger partial charge in [-0.15, -0.1) is 0 Å². The highest BCUT2D eigenvalue weighted by Gasteiger charge is 2.25. The Morgan fingerprint density at radius 1 is 1.33 bits per heavy atom. The van der Waals surface area contributed by atoms with Crippen LogP contribution >= 0.6 is 0 Å². The summed E-state index contributed by atoms with van der Waals surface area (Å²) in [7, 11) is -1.87. The Kier molecular flexibility index (Phi) is 5.33. The highest BCUT2D eigenvalue weighted by molar-refractivity contribution is 7.89. The first-order chi connectivity index (χ1) is 11.6. The summed E-state index contributed by atoms with van der Waals surface area (Å²) in [5.74, 6) is 0. The molecule has 1 aliphatic heterocycles. The van der Waals surface area contributed by atoms with E-state index in [0.717, 1.165) is 19.3 Å². The van der Waals surface area contributed by atoms with Crippen molar-refractivity contribution in [3.63, 3.8) is 0 Å². The fraction of sp³-hybridized carbons (Fsp3) is 0.471. The van der Waals surface area contributed by atoms with E-state index in [1.165, 1.54) is 16.1 Å². The van der Waals surface area contributed by atoms with Gasteiger partial charge in [0.25, 0.3) is 0 Å². The second-order valence-electron chi connectivity index (χ2n) is 6.09. The van der Waals surface area contributed by atoms with Crippen LogP contribution in [0.1, 0.15) is 24.4 Å². The zero-order valence-corrected chi connectivity index (χ0v) is 14.7. The van der Waals surface area contributed by atoms with E-state index in [1.54, 1.807) is 17.9 Å². The second-order valence-corrected chi connectivity index (χ2v) is 8.13. The molecule has 1 aromatic carbocycles. The zero-order chi connectivity index (χ0) is 17.0. The van der Waals surface area contributed by atoms with Crippen LogP contribution in [-0.2, 0) is 21.2 Å². The summed E-state index contributed by atoms with van der Waals surface area (Å²) >= 11 is 0. The lowest BCUT2D eigenvalue weighted by Gasteiger charge is -2.16. The molecule has 0 N–H and O–H groups in total. The van der Waals surface area contributed by atoms with Gasteiger partial charge in [0.2, 0.25) is 10.0 Å². The predicted octanol–water partition coefficient (Wildman–Crippen LogP) is 2.10. The summed E-state index contributed by atoms with van der Waals surface area (Å²) < 4.78 is 33.7. The molecule has 2 aromatic rings. The summed E-state index contributed by atoms with van der Waals surface area (Å²) in [6.07, 6.45) is 5.56. The van der Waals surface area contributed by atoms with Gasteiger partial charge in [-0.25, -0.2) is 12.7 Å². The third-order valence-corrected chi connectivity index (χ3v) is 6.16. The number of benzene rings is 1. The van der Waals surface area contributed by atoms with Gasteiger partial charge in [-0.2, -0.15) is 5.10 Å².